The van der Waals surface area contributed by atoms with Gasteiger partial charge in [0.05, 0.1) is 18.5 Å². The van der Waals surface area contributed by atoms with E-state index in [0.717, 1.165) is 32.7 Å². The highest BCUT2D eigenvalue weighted by Gasteiger charge is 2.21. The van der Waals surface area contributed by atoms with Crippen LogP contribution in [0.15, 0.2) is 30.3 Å². The number of carbonyl (C=O) groups excluding carboxylic acids is 2. The van der Waals surface area contributed by atoms with Gasteiger partial charge >= 0.3 is 0 Å². The second-order valence-electron chi connectivity index (χ2n) is 6.06. The lowest BCUT2D eigenvalue weighted by Gasteiger charge is -2.33. The Kier molecular flexibility index (Phi) is 8.28. The van der Waals surface area contributed by atoms with Crippen molar-refractivity contribution in [2.24, 2.45) is 5.73 Å². The van der Waals surface area contributed by atoms with Crippen molar-refractivity contribution in [3.05, 3.63) is 35.9 Å². The molecule has 6 heteroatoms. The van der Waals surface area contributed by atoms with Crippen LogP contribution >= 0.6 is 11.8 Å². The van der Waals surface area contributed by atoms with Gasteiger partial charge in [0.15, 0.2) is 0 Å². The van der Waals surface area contributed by atoms with Gasteiger partial charge in [-0.05, 0) is 12.0 Å². The van der Waals surface area contributed by atoms with Gasteiger partial charge in [0.25, 0.3) is 0 Å². The van der Waals surface area contributed by atoms with Gasteiger partial charge in [0.2, 0.25) is 5.91 Å². The van der Waals surface area contributed by atoms with E-state index in [1.807, 2.05) is 6.07 Å². The van der Waals surface area contributed by atoms with Crippen LogP contribution in [0.2, 0.25) is 0 Å². The molecule has 0 bridgehead atoms. The molecule has 1 heterocycles. The van der Waals surface area contributed by atoms with E-state index in [1.165, 1.54) is 17.3 Å². The summed E-state index contributed by atoms with van der Waals surface area (Å²) in [4.78, 5) is 24.9. The van der Waals surface area contributed by atoms with Crippen molar-refractivity contribution in [1.82, 2.24) is 4.90 Å². The molecular weight excluding hydrogens is 324 g/mol. The largest absolute Gasteiger partial charge is 0.376 e. The highest BCUT2D eigenvalue weighted by molar-refractivity contribution is 7.99. The maximum Gasteiger partial charge on any atom is 0.218 e. The molecule has 1 fully saturated rings. The number of ether oxygens (including phenoxy) is 1. The molecule has 0 saturated carbocycles. The standard InChI is InChI=1S/C18H26N2O3S/c19-18(22)8-11-24-14-16(21)6-7-17-13-20(9-10-23-17)12-15-4-2-1-3-5-15/h1-5,17H,6-14H2,(H2,19,22). The molecule has 1 aliphatic rings. The minimum Gasteiger partial charge on any atom is -0.376 e. The van der Waals surface area contributed by atoms with Gasteiger partial charge < -0.3 is 10.5 Å². The highest BCUT2D eigenvalue weighted by Crippen LogP contribution is 2.15. The lowest BCUT2D eigenvalue weighted by Crippen LogP contribution is -2.42. The summed E-state index contributed by atoms with van der Waals surface area (Å²) in [7, 11) is 0. The zero-order valence-corrected chi connectivity index (χ0v) is 14.8. The molecule has 1 amide bonds. The van der Waals surface area contributed by atoms with E-state index < -0.39 is 0 Å². The Labute approximate surface area is 147 Å². The summed E-state index contributed by atoms with van der Waals surface area (Å²) in [5, 5.41) is 0. The van der Waals surface area contributed by atoms with E-state index in [9.17, 15) is 9.59 Å². The number of ketones is 1. The van der Waals surface area contributed by atoms with Gasteiger partial charge in [-0.1, -0.05) is 30.3 Å². The predicted molar refractivity (Wildman–Crippen MR) is 96.8 cm³/mol. The zero-order chi connectivity index (χ0) is 17.2. The molecule has 5 nitrogen and oxygen atoms in total. The molecule has 2 rings (SSSR count). The lowest BCUT2D eigenvalue weighted by molar-refractivity contribution is -0.118. The third kappa shape index (κ3) is 7.47. The Morgan fingerprint density at radius 3 is 2.79 bits per heavy atom. The normalized spacial score (nSPS) is 18.4. The summed E-state index contributed by atoms with van der Waals surface area (Å²) >= 11 is 1.48. The minimum atomic E-state index is -0.316. The Morgan fingerprint density at radius 1 is 1.25 bits per heavy atom. The molecule has 1 unspecified atom stereocenters. The minimum absolute atomic E-state index is 0.127. The molecule has 1 atom stereocenters. The quantitative estimate of drug-likeness (QED) is 0.652. The van der Waals surface area contributed by atoms with Crippen molar-refractivity contribution >= 4 is 23.5 Å². The number of rotatable bonds is 10. The Bertz CT molecular complexity index is 524. The molecule has 1 aliphatic heterocycles. The number of morpholine rings is 1. The molecule has 0 radical (unpaired) electrons. The summed E-state index contributed by atoms with van der Waals surface area (Å²) < 4.78 is 5.79. The molecule has 132 valence electrons. The summed E-state index contributed by atoms with van der Waals surface area (Å²) in [5.41, 5.74) is 6.38. The molecule has 0 spiro atoms. The summed E-state index contributed by atoms with van der Waals surface area (Å²) in [5.74, 6) is 0.969. The molecule has 0 aromatic heterocycles. The number of thioether (sulfide) groups is 1. The first-order chi connectivity index (χ1) is 11.6. The van der Waals surface area contributed by atoms with Crippen molar-refractivity contribution in [2.45, 2.75) is 31.9 Å². The fraction of sp³-hybridized carbons (Fsp3) is 0.556. The Balaban J connectivity index is 1.63. The van der Waals surface area contributed by atoms with Crippen molar-refractivity contribution in [3.8, 4) is 0 Å². The predicted octanol–water partition coefficient (Wildman–Crippen LogP) is 1.85. The second kappa shape index (κ2) is 10.5. The van der Waals surface area contributed by atoms with Crippen LogP contribution in [0.3, 0.4) is 0 Å². The number of nitrogens with zero attached hydrogens (tertiary/aromatic N) is 1. The van der Waals surface area contributed by atoms with Crippen LogP contribution in [0.25, 0.3) is 0 Å². The van der Waals surface area contributed by atoms with E-state index in [0.29, 0.717) is 24.3 Å². The van der Waals surface area contributed by atoms with Crippen molar-refractivity contribution < 1.29 is 14.3 Å². The molecule has 2 N–H and O–H groups in total. The average molecular weight is 350 g/mol. The fourth-order valence-corrected chi connectivity index (χ4v) is 3.56. The first-order valence-corrected chi connectivity index (χ1v) is 9.54. The number of nitrogens with two attached hydrogens (primary N) is 1. The molecular formula is C18H26N2O3S. The second-order valence-corrected chi connectivity index (χ2v) is 7.16. The smallest absolute Gasteiger partial charge is 0.218 e. The molecule has 0 aliphatic carbocycles. The monoisotopic (exact) mass is 350 g/mol. The van der Waals surface area contributed by atoms with Crippen LogP contribution in [0, 0.1) is 0 Å². The van der Waals surface area contributed by atoms with E-state index in [1.54, 1.807) is 0 Å². The van der Waals surface area contributed by atoms with E-state index in [-0.39, 0.29) is 17.8 Å². The zero-order valence-electron chi connectivity index (χ0n) is 14.0. The van der Waals surface area contributed by atoms with Crippen LogP contribution in [0.5, 0.6) is 0 Å². The van der Waals surface area contributed by atoms with Crippen molar-refractivity contribution in [1.29, 1.82) is 0 Å². The van der Waals surface area contributed by atoms with Gasteiger partial charge in [-0.15, -0.1) is 0 Å². The topological polar surface area (TPSA) is 72.6 Å². The lowest BCUT2D eigenvalue weighted by atomic mass is 10.1. The third-order valence-electron chi connectivity index (χ3n) is 3.97. The summed E-state index contributed by atoms with van der Waals surface area (Å²) in [6.45, 7) is 3.45. The summed E-state index contributed by atoms with van der Waals surface area (Å²) in [6, 6.07) is 10.4. The van der Waals surface area contributed by atoms with Crippen LogP contribution in [-0.2, 0) is 20.9 Å². The van der Waals surface area contributed by atoms with Crippen LogP contribution < -0.4 is 5.73 Å². The first kappa shape index (κ1) is 19.0. The number of Topliss-reactive ketones (excluding diaryl/α,β-unsaturated/α-hetero) is 1. The maximum atomic E-state index is 11.9. The van der Waals surface area contributed by atoms with Crippen LogP contribution in [0.1, 0.15) is 24.8 Å². The first-order valence-electron chi connectivity index (χ1n) is 8.39. The van der Waals surface area contributed by atoms with E-state index >= 15 is 0 Å². The fourth-order valence-electron chi connectivity index (χ4n) is 2.69. The summed E-state index contributed by atoms with van der Waals surface area (Å²) in [6.07, 6.45) is 1.76. The van der Waals surface area contributed by atoms with Gasteiger partial charge in [-0.3, -0.25) is 14.5 Å². The molecule has 1 saturated heterocycles. The van der Waals surface area contributed by atoms with Gasteiger partial charge in [0.1, 0.15) is 5.78 Å². The highest BCUT2D eigenvalue weighted by atomic mass is 32.2. The third-order valence-corrected chi connectivity index (χ3v) is 4.99. The number of amides is 1. The molecule has 1 aromatic rings. The number of primary amides is 1. The number of hydrogen-bond acceptors (Lipinski definition) is 5. The number of benzene rings is 1. The van der Waals surface area contributed by atoms with Gasteiger partial charge in [0, 0.05) is 38.2 Å². The average Bonchev–Trinajstić information content (AvgIpc) is 2.58. The Morgan fingerprint density at radius 2 is 2.04 bits per heavy atom. The van der Waals surface area contributed by atoms with Gasteiger partial charge in [-0.25, -0.2) is 0 Å². The van der Waals surface area contributed by atoms with E-state index in [4.69, 9.17) is 10.5 Å². The van der Waals surface area contributed by atoms with E-state index in [2.05, 4.69) is 29.2 Å². The molecule has 24 heavy (non-hydrogen) atoms. The van der Waals surface area contributed by atoms with Crippen LogP contribution in [-0.4, -0.2) is 53.9 Å². The number of hydrogen-bond donors (Lipinski definition) is 1. The SMILES string of the molecule is NC(=O)CCSCC(=O)CCC1CN(Cc2ccccc2)CCO1. The maximum absolute atomic E-state index is 11.9. The Hall–Kier alpha value is -1.37. The van der Waals surface area contributed by atoms with Crippen LogP contribution in [0.4, 0.5) is 0 Å². The molecule has 1 aromatic carbocycles. The van der Waals surface area contributed by atoms with Gasteiger partial charge in [-0.2, -0.15) is 11.8 Å². The van der Waals surface area contributed by atoms with Crippen molar-refractivity contribution in [2.75, 3.05) is 31.2 Å². The number of carbonyl (C=O) groups is 2. The van der Waals surface area contributed by atoms with Crippen molar-refractivity contribution in [3.63, 3.8) is 0 Å².